The summed E-state index contributed by atoms with van der Waals surface area (Å²) >= 11 is 0. The lowest BCUT2D eigenvalue weighted by Gasteiger charge is -2.35. The van der Waals surface area contributed by atoms with Crippen LogP contribution in [-0.2, 0) is 30.7 Å². The molecule has 3 unspecified atom stereocenters. The van der Waals surface area contributed by atoms with Gasteiger partial charge in [-0.15, -0.1) is 0 Å². The van der Waals surface area contributed by atoms with Crippen LogP contribution in [0.4, 0.5) is 4.79 Å². The van der Waals surface area contributed by atoms with Gasteiger partial charge in [0, 0.05) is 12.6 Å². The molecule has 0 aromatic heterocycles. The number of aliphatic hydroxyl groups is 1. The summed E-state index contributed by atoms with van der Waals surface area (Å²) in [4.78, 5) is 12.8. The molecule has 3 fully saturated rings. The Morgan fingerprint density at radius 1 is 1.18 bits per heavy atom. The molecule has 0 radical (unpaired) electrons. The molecule has 2 aliphatic heterocycles. The van der Waals surface area contributed by atoms with Crippen LogP contribution in [0.15, 0.2) is 30.3 Å². The number of rotatable bonds is 9. The molecule has 1 amide bonds. The van der Waals surface area contributed by atoms with E-state index in [1.165, 1.54) is 10.6 Å². The predicted octanol–water partition coefficient (Wildman–Crippen LogP) is 2.04. The smallest absolute Gasteiger partial charge is 0.407 e. The molecule has 34 heavy (non-hydrogen) atoms. The van der Waals surface area contributed by atoms with Crippen molar-refractivity contribution in [2.24, 2.45) is 5.92 Å². The molecule has 4 rings (SSSR count). The number of hydrogen-bond donors (Lipinski definition) is 2. The first-order valence-corrected chi connectivity index (χ1v) is 14.1. The second-order valence-corrected chi connectivity index (χ2v) is 11.5. The van der Waals surface area contributed by atoms with E-state index in [-0.39, 0.29) is 31.4 Å². The fraction of sp³-hybridized carbons (Fsp3) is 0.708. The van der Waals surface area contributed by atoms with Crippen molar-refractivity contribution in [2.45, 2.75) is 75.5 Å². The number of alkyl carbamates (subject to hydrolysis) is 1. The van der Waals surface area contributed by atoms with Crippen LogP contribution < -0.4 is 5.32 Å². The molecule has 0 bridgehead atoms. The maximum Gasteiger partial charge on any atom is 0.407 e. The Labute approximate surface area is 201 Å². The van der Waals surface area contributed by atoms with E-state index in [0.717, 1.165) is 44.1 Å². The molecule has 2 saturated heterocycles. The van der Waals surface area contributed by atoms with Gasteiger partial charge in [-0.2, -0.15) is 4.31 Å². The Morgan fingerprint density at radius 2 is 1.91 bits per heavy atom. The van der Waals surface area contributed by atoms with Crippen LogP contribution in [0.2, 0.25) is 0 Å². The SMILES string of the molecule is CS(=O)(=O)N(C[C@@H](O)[C@H](Cc1ccccc1)NC(=O)OC1COC2OCCC12)C1CCCCC1. The van der Waals surface area contributed by atoms with Gasteiger partial charge in [-0.25, -0.2) is 13.2 Å². The zero-order valence-corrected chi connectivity index (χ0v) is 20.5. The van der Waals surface area contributed by atoms with E-state index in [4.69, 9.17) is 14.2 Å². The number of benzene rings is 1. The minimum atomic E-state index is -3.52. The van der Waals surface area contributed by atoms with Crippen LogP contribution in [-0.4, -0.2) is 80.5 Å². The standard InChI is InChI=1S/C24H36N2O7S/c1-34(29,30)26(18-10-6-3-7-11-18)15-21(27)20(14-17-8-4-2-5-9-17)25-24(28)33-22-16-32-23-19(22)12-13-31-23/h2,4-5,8-9,18-23,27H,3,6-7,10-16H2,1H3,(H,25,28)/t19?,20-,21+,22?,23?/m0/s1. The van der Waals surface area contributed by atoms with Crippen molar-refractivity contribution in [1.82, 2.24) is 9.62 Å². The van der Waals surface area contributed by atoms with Crippen LogP contribution in [0.1, 0.15) is 44.1 Å². The third-order valence-corrected chi connectivity index (χ3v) is 8.38. The van der Waals surface area contributed by atoms with E-state index in [1.807, 2.05) is 30.3 Å². The highest BCUT2D eigenvalue weighted by Gasteiger charge is 2.44. The average Bonchev–Trinajstić information content (AvgIpc) is 3.42. The van der Waals surface area contributed by atoms with Gasteiger partial charge in [0.2, 0.25) is 10.0 Å². The second kappa shape index (κ2) is 11.3. The normalized spacial score (nSPS) is 27.3. The highest BCUT2D eigenvalue weighted by atomic mass is 32.2. The number of sulfonamides is 1. The molecule has 1 saturated carbocycles. The lowest BCUT2D eigenvalue weighted by Crippen LogP contribution is -2.53. The number of aliphatic hydroxyl groups excluding tert-OH is 1. The van der Waals surface area contributed by atoms with E-state index in [2.05, 4.69) is 5.32 Å². The minimum absolute atomic E-state index is 0.00951. The van der Waals surface area contributed by atoms with E-state index >= 15 is 0 Å². The van der Waals surface area contributed by atoms with E-state index in [0.29, 0.717) is 13.0 Å². The van der Waals surface area contributed by atoms with Gasteiger partial charge in [0.1, 0.15) is 6.10 Å². The molecule has 2 heterocycles. The van der Waals surface area contributed by atoms with Crippen molar-refractivity contribution in [3.8, 4) is 0 Å². The zero-order chi connectivity index (χ0) is 24.1. The largest absolute Gasteiger partial charge is 0.443 e. The first-order valence-electron chi connectivity index (χ1n) is 12.2. The summed E-state index contributed by atoms with van der Waals surface area (Å²) in [5, 5.41) is 14.0. The molecular weight excluding hydrogens is 460 g/mol. The molecule has 0 spiro atoms. The highest BCUT2D eigenvalue weighted by molar-refractivity contribution is 7.88. The quantitative estimate of drug-likeness (QED) is 0.538. The van der Waals surface area contributed by atoms with Crippen molar-refractivity contribution in [1.29, 1.82) is 0 Å². The monoisotopic (exact) mass is 496 g/mol. The van der Waals surface area contributed by atoms with Crippen molar-refractivity contribution in [3.63, 3.8) is 0 Å². The second-order valence-electron chi connectivity index (χ2n) is 9.60. The van der Waals surface area contributed by atoms with Crippen molar-refractivity contribution >= 4 is 16.1 Å². The number of hydrogen-bond acceptors (Lipinski definition) is 7. The Morgan fingerprint density at radius 3 is 2.62 bits per heavy atom. The maximum absolute atomic E-state index is 12.8. The minimum Gasteiger partial charge on any atom is -0.443 e. The van der Waals surface area contributed by atoms with Gasteiger partial charge in [0.05, 0.1) is 37.5 Å². The van der Waals surface area contributed by atoms with Crippen LogP contribution in [0.25, 0.3) is 0 Å². The number of nitrogens with one attached hydrogen (secondary N) is 1. The zero-order valence-electron chi connectivity index (χ0n) is 19.7. The summed E-state index contributed by atoms with van der Waals surface area (Å²) in [7, 11) is -3.52. The Balaban J connectivity index is 1.44. The van der Waals surface area contributed by atoms with Crippen molar-refractivity contribution in [3.05, 3.63) is 35.9 Å². The fourth-order valence-corrected chi connectivity index (χ4v) is 6.43. The summed E-state index contributed by atoms with van der Waals surface area (Å²) in [5.41, 5.74) is 0.920. The van der Waals surface area contributed by atoms with Crippen molar-refractivity contribution in [2.75, 3.05) is 26.0 Å². The Bertz CT molecular complexity index is 907. The van der Waals surface area contributed by atoms with Crippen LogP contribution in [0.3, 0.4) is 0 Å². The molecule has 1 aromatic carbocycles. The number of fused-ring (bicyclic) bond motifs is 1. The number of ether oxygens (including phenoxy) is 3. The highest BCUT2D eigenvalue weighted by Crippen LogP contribution is 2.33. The molecule has 190 valence electrons. The third-order valence-electron chi connectivity index (χ3n) is 7.08. The molecule has 9 nitrogen and oxygen atoms in total. The van der Waals surface area contributed by atoms with Gasteiger partial charge in [-0.1, -0.05) is 49.6 Å². The summed E-state index contributed by atoms with van der Waals surface area (Å²) in [6.45, 7) is 0.777. The van der Waals surface area contributed by atoms with Crippen molar-refractivity contribution < 1.29 is 32.5 Å². The van der Waals surface area contributed by atoms with Gasteiger partial charge in [0.25, 0.3) is 0 Å². The number of amides is 1. The van der Waals surface area contributed by atoms with E-state index < -0.39 is 34.4 Å². The summed E-state index contributed by atoms with van der Waals surface area (Å²) in [5.74, 6) is 0.00951. The molecule has 5 atom stereocenters. The Hall–Kier alpha value is -1.72. The van der Waals surface area contributed by atoms with Crippen LogP contribution >= 0.6 is 0 Å². The first kappa shape index (κ1) is 25.4. The summed E-state index contributed by atoms with van der Waals surface area (Å²) in [6.07, 6.45) is 4.41. The maximum atomic E-state index is 12.8. The molecule has 10 heteroatoms. The average molecular weight is 497 g/mol. The molecule has 3 aliphatic rings. The first-order chi connectivity index (χ1) is 16.3. The molecule has 1 aromatic rings. The molecular formula is C24H36N2O7S. The lowest BCUT2D eigenvalue weighted by atomic mass is 9.95. The number of carbonyl (C=O) groups is 1. The third kappa shape index (κ3) is 6.48. The van der Waals surface area contributed by atoms with Gasteiger partial charge < -0.3 is 24.6 Å². The molecule has 1 aliphatic carbocycles. The lowest BCUT2D eigenvalue weighted by molar-refractivity contribution is -0.0907. The summed E-state index contributed by atoms with van der Waals surface area (Å²) in [6, 6.07) is 8.64. The van der Waals surface area contributed by atoms with E-state index in [9.17, 15) is 18.3 Å². The van der Waals surface area contributed by atoms with Crippen LogP contribution in [0.5, 0.6) is 0 Å². The van der Waals surface area contributed by atoms with Gasteiger partial charge in [-0.3, -0.25) is 0 Å². The fourth-order valence-electron chi connectivity index (χ4n) is 5.26. The van der Waals surface area contributed by atoms with Crippen LogP contribution in [0, 0.1) is 5.92 Å². The topological polar surface area (TPSA) is 114 Å². The summed E-state index contributed by atoms with van der Waals surface area (Å²) < 4.78 is 43.2. The van der Waals surface area contributed by atoms with Gasteiger partial charge >= 0.3 is 6.09 Å². The van der Waals surface area contributed by atoms with Gasteiger partial charge in [-0.05, 0) is 31.2 Å². The molecule has 2 N–H and O–H groups in total. The predicted molar refractivity (Wildman–Crippen MR) is 126 cm³/mol. The Kier molecular flexibility index (Phi) is 8.47. The van der Waals surface area contributed by atoms with Gasteiger partial charge in [0.15, 0.2) is 6.29 Å². The van der Waals surface area contributed by atoms with E-state index in [1.54, 1.807) is 0 Å². The number of carbonyl (C=O) groups excluding carboxylic acids is 1. The number of nitrogens with zero attached hydrogens (tertiary/aromatic N) is 1.